The normalized spacial score (nSPS) is 16.9. The number of aryl methyl sites for hydroxylation is 1. The first-order valence-electron chi connectivity index (χ1n) is 8.29. The first kappa shape index (κ1) is 16.9. The van der Waals surface area contributed by atoms with Crippen molar-refractivity contribution in [3.05, 3.63) is 24.0 Å². The molecule has 22 heavy (non-hydrogen) atoms. The number of rotatable bonds is 7. The van der Waals surface area contributed by atoms with E-state index in [4.69, 9.17) is 4.99 Å². The van der Waals surface area contributed by atoms with E-state index in [0.717, 1.165) is 31.5 Å². The largest absolute Gasteiger partial charge is 0.357 e. The van der Waals surface area contributed by atoms with Crippen LogP contribution in [0.3, 0.4) is 0 Å². The van der Waals surface area contributed by atoms with E-state index in [-0.39, 0.29) is 0 Å². The molecule has 0 aromatic carbocycles. The van der Waals surface area contributed by atoms with E-state index in [9.17, 15) is 0 Å². The molecule has 0 bridgehead atoms. The van der Waals surface area contributed by atoms with Crippen molar-refractivity contribution in [1.82, 2.24) is 19.7 Å². The molecular formula is C17H31N5. The molecule has 0 amide bonds. The average molecular weight is 305 g/mol. The smallest absolute Gasteiger partial charge is 0.194 e. The summed E-state index contributed by atoms with van der Waals surface area (Å²) >= 11 is 0. The Balaban J connectivity index is 2.00. The van der Waals surface area contributed by atoms with Crippen molar-refractivity contribution in [2.75, 3.05) is 34.2 Å². The number of likely N-dealkylation sites (N-methyl/N-ethyl adjacent to an activating group) is 1. The van der Waals surface area contributed by atoms with Gasteiger partial charge in [-0.15, -0.1) is 0 Å². The van der Waals surface area contributed by atoms with Crippen LogP contribution in [0, 0.1) is 5.92 Å². The third-order valence-electron chi connectivity index (χ3n) is 4.40. The fourth-order valence-electron chi connectivity index (χ4n) is 2.84. The lowest BCUT2D eigenvalue weighted by Crippen LogP contribution is -2.40. The molecule has 0 radical (unpaired) electrons. The Labute approximate surface area is 135 Å². The zero-order valence-electron chi connectivity index (χ0n) is 14.7. The highest BCUT2D eigenvalue weighted by Crippen LogP contribution is 2.34. The van der Waals surface area contributed by atoms with Crippen molar-refractivity contribution in [3.8, 4) is 0 Å². The minimum absolute atomic E-state index is 0.567. The topological polar surface area (TPSA) is 35.8 Å². The van der Waals surface area contributed by atoms with E-state index in [1.54, 1.807) is 0 Å². The lowest BCUT2D eigenvalue weighted by Gasteiger charge is -2.25. The summed E-state index contributed by atoms with van der Waals surface area (Å²) in [6.07, 6.45) is 4.80. The van der Waals surface area contributed by atoms with Crippen LogP contribution in [0.2, 0.25) is 0 Å². The molecule has 1 aromatic rings. The number of nitrogens with one attached hydrogen (secondary N) is 1. The molecular weight excluding hydrogens is 274 g/mol. The van der Waals surface area contributed by atoms with Crippen LogP contribution in [-0.4, -0.2) is 60.6 Å². The number of guanidine groups is 1. The van der Waals surface area contributed by atoms with Crippen LogP contribution in [0.15, 0.2) is 23.3 Å². The van der Waals surface area contributed by atoms with Gasteiger partial charge in [0.25, 0.3) is 0 Å². The van der Waals surface area contributed by atoms with Crippen LogP contribution in [0.25, 0.3) is 0 Å². The SMILES string of the molecule is CCNC(=NCC(C1CC1)N(C)C)N(C)Cc1cccn1C. The second kappa shape index (κ2) is 7.68. The Morgan fingerprint density at radius 2 is 2.14 bits per heavy atom. The predicted octanol–water partition coefficient (Wildman–Crippen LogP) is 1.76. The third-order valence-corrected chi connectivity index (χ3v) is 4.40. The van der Waals surface area contributed by atoms with E-state index >= 15 is 0 Å². The highest BCUT2D eigenvalue weighted by molar-refractivity contribution is 5.79. The summed E-state index contributed by atoms with van der Waals surface area (Å²) in [4.78, 5) is 9.42. The summed E-state index contributed by atoms with van der Waals surface area (Å²) in [6.45, 7) is 4.76. The van der Waals surface area contributed by atoms with E-state index in [1.165, 1.54) is 18.5 Å². The Bertz CT molecular complexity index is 485. The monoisotopic (exact) mass is 305 g/mol. The van der Waals surface area contributed by atoms with E-state index < -0.39 is 0 Å². The maximum absolute atomic E-state index is 4.89. The first-order valence-corrected chi connectivity index (χ1v) is 8.29. The van der Waals surface area contributed by atoms with E-state index in [2.05, 4.69) is 73.1 Å². The molecule has 1 heterocycles. The van der Waals surface area contributed by atoms with E-state index in [0.29, 0.717) is 6.04 Å². The number of hydrogen-bond acceptors (Lipinski definition) is 2. The number of nitrogens with zero attached hydrogens (tertiary/aromatic N) is 4. The van der Waals surface area contributed by atoms with E-state index in [1.807, 2.05) is 0 Å². The molecule has 2 rings (SSSR count). The van der Waals surface area contributed by atoms with Gasteiger partial charge in [0, 0.05) is 38.6 Å². The molecule has 1 aliphatic rings. The molecule has 5 nitrogen and oxygen atoms in total. The Hall–Kier alpha value is -1.49. The van der Waals surface area contributed by atoms with Gasteiger partial charge in [0.05, 0.1) is 13.1 Å². The Morgan fingerprint density at radius 1 is 1.41 bits per heavy atom. The molecule has 1 N–H and O–H groups in total. The van der Waals surface area contributed by atoms with Crippen LogP contribution in [0.1, 0.15) is 25.5 Å². The Morgan fingerprint density at radius 3 is 2.64 bits per heavy atom. The maximum Gasteiger partial charge on any atom is 0.194 e. The summed E-state index contributed by atoms with van der Waals surface area (Å²) in [5.41, 5.74) is 1.29. The summed E-state index contributed by atoms with van der Waals surface area (Å²) in [6, 6.07) is 4.81. The molecule has 1 aliphatic carbocycles. The number of hydrogen-bond donors (Lipinski definition) is 1. The molecule has 0 spiro atoms. The molecule has 1 aromatic heterocycles. The van der Waals surface area contributed by atoms with Gasteiger partial charge in [0.2, 0.25) is 0 Å². The molecule has 1 saturated carbocycles. The maximum atomic E-state index is 4.89. The van der Waals surface area contributed by atoms with Gasteiger partial charge in [-0.25, -0.2) is 0 Å². The molecule has 0 aliphatic heterocycles. The van der Waals surface area contributed by atoms with Gasteiger partial charge in [-0.1, -0.05) is 0 Å². The van der Waals surface area contributed by atoms with Gasteiger partial charge in [0.1, 0.15) is 0 Å². The van der Waals surface area contributed by atoms with Gasteiger partial charge < -0.3 is 19.7 Å². The van der Waals surface area contributed by atoms with Gasteiger partial charge in [0.15, 0.2) is 5.96 Å². The molecule has 1 fully saturated rings. The average Bonchev–Trinajstić information content (AvgIpc) is 3.22. The van der Waals surface area contributed by atoms with Crippen LogP contribution in [-0.2, 0) is 13.6 Å². The lowest BCUT2D eigenvalue weighted by atomic mass is 10.2. The number of aromatic nitrogens is 1. The van der Waals surface area contributed by atoms with Crippen LogP contribution in [0.4, 0.5) is 0 Å². The summed E-state index contributed by atoms with van der Waals surface area (Å²) < 4.78 is 2.16. The van der Waals surface area contributed by atoms with Gasteiger partial charge in [-0.05, 0) is 51.9 Å². The third kappa shape index (κ3) is 4.50. The van der Waals surface area contributed by atoms with Crippen molar-refractivity contribution in [2.24, 2.45) is 18.0 Å². The van der Waals surface area contributed by atoms with Crippen LogP contribution < -0.4 is 5.32 Å². The minimum Gasteiger partial charge on any atom is -0.357 e. The van der Waals surface area contributed by atoms with Crippen molar-refractivity contribution >= 4 is 5.96 Å². The molecule has 124 valence electrons. The van der Waals surface area contributed by atoms with Crippen molar-refractivity contribution in [1.29, 1.82) is 0 Å². The highest BCUT2D eigenvalue weighted by atomic mass is 15.3. The molecule has 0 saturated heterocycles. The van der Waals surface area contributed by atoms with Crippen molar-refractivity contribution < 1.29 is 0 Å². The minimum atomic E-state index is 0.567. The second-order valence-electron chi connectivity index (χ2n) is 6.53. The van der Waals surface area contributed by atoms with Crippen molar-refractivity contribution in [2.45, 2.75) is 32.4 Å². The fourth-order valence-corrected chi connectivity index (χ4v) is 2.84. The fraction of sp³-hybridized carbons (Fsp3) is 0.706. The Kier molecular flexibility index (Phi) is 5.89. The summed E-state index contributed by atoms with van der Waals surface area (Å²) in [5, 5.41) is 3.42. The highest BCUT2D eigenvalue weighted by Gasteiger charge is 2.32. The lowest BCUT2D eigenvalue weighted by molar-refractivity contribution is 0.270. The van der Waals surface area contributed by atoms with Gasteiger partial charge in [-0.3, -0.25) is 4.99 Å². The standard InChI is InChI=1S/C17H31N5/c1-6-18-17(19-12-16(20(2)3)14-9-10-14)22(5)13-15-8-7-11-21(15)4/h7-8,11,14,16H,6,9-10,12-13H2,1-5H3,(H,18,19). The zero-order chi connectivity index (χ0) is 16.1. The first-order chi connectivity index (χ1) is 10.5. The number of aliphatic imine (C=N–C) groups is 1. The second-order valence-corrected chi connectivity index (χ2v) is 6.53. The van der Waals surface area contributed by atoms with Gasteiger partial charge >= 0.3 is 0 Å². The van der Waals surface area contributed by atoms with Crippen LogP contribution >= 0.6 is 0 Å². The van der Waals surface area contributed by atoms with Crippen molar-refractivity contribution in [3.63, 3.8) is 0 Å². The molecule has 1 unspecified atom stereocenters. The zero-order valence-corrected chi connectivity index (χ0v) is 14.7. The summed E-state index contributed by atoms with van der Waals surface area (Å²) in [5.74, 6) is 1.83. The van der Waals surface area contributed by atoms with Gasteiger partial charge in [-0.2, -0.15) is 0 Å². The molecule has 5 heteroatoms. The summed E-state index contributed by atoms with van der Waals surface area (Å²) in [7, 11) is 8.52. The van der Waals surface area contributed by atoms with Crippen LogP contribution in [0.5, 0.6) is 0 Å². The molecule has 1 atom stereocenters. The quantitative estimate of drug-likeness (QED) is 0.616. The predicted molar refractivity (Wildman–Crippen MR) is 93.1 cm³/mol.